The van der Waals surface area contributed by atoms with Gasteiger partial charge in [0.1, 0.15) is 5.82 Å². The minimum absolute atomic E-state index is 0.119. The third kappa shape index (κ3) is 4.68. The lowest BCUT2D eigenvalue weighted by Crippen LogP contribution is -2.48. The molecule has 2 heterocycles. The van der Waals surface area contributed by atoms with Crippen molar-refractivity contribution in [2.45, 2.75) is 38.6 Å². The predicted molar refractivity (Wildman–Crippen MR) is 118 cm³/mol. The Labute approximate surface area is 178 Å². The van der Waals surface area contributed by atoms with E-state index in [-0.39, 0.29) is 11.8 Å². The van der Waals surface area contributed by atoms with E-state index in [4.69, 9.17) is 4.98 Å². The zero-order valence-electron chi connectivity index (χ0n) is 17.8. The Kier molecular flexibility index (Phi) is 6.13. The summed E-state index contributed by atoms with van der Waals surface area (Å²) in [7, 11) is -1.12. The van der Waals surface area contributed by atoms with Gasteiger partial charge in [-0.1, -0.05) is 19.3 Å². The molecular formula is C21H31N5O3S. The van der Waals surface area contributed by atoms with Crippen molar-refractivity contribution in [1.82, 2.24) is 18.8 Å². The number of rotatable bonds is 5. The molecule has 2 fully saturated rings. The maximum atomic E-state index is 12.5. The second-order valence-corrected chi connectivity index (χ2v) is 10.5. The van der Waals surface area contributed by atoms with Gasteiger partial charge in [-0.2, -0.15) is 4.31 Å². The molecule has 0 radical (unpaired) electrons. The number of fused-ring (bicyclic) bond motifs is 1. The van der Waals surface area contributed by atoms with E-state index < -0.39 is 10.0 Å². The zero-order valence-corrected chi connectivity index (χ0v) is 18.6. The number of anilines is 1. The van der Waals surface area contributed by atoms with Gasteiger partial charge in [0.2, 0.25) is 15.9 Å². The molecule has 164 valence electrons. The number of piperazine rings is 1. The highest BCUT2D eigenvalue weighted by molar-refractivity contribution is 7.88. The van der Waals surface area contributed by atoms with E-state index in [0.29, 0.717) is 32.7 Å². The molecule has 9 heteroatoms. The summed E-state index contributed by atoms with van der Waals surface area (Å²) in [5.41, 5.74) is 2.68. The van der Waals surface area contributed by atoms with Crippen LogP contribution in [-0.2, 0) is 28.4 Å². The lowest BCUT2D eigenvalue weighted by Gasteiger charge is -2.32. The summed E-state index contributed by atoms with van der Waals surface area (Å²) in [4.78, 5) is 19.6. The lowest BCUT2D eigenvalue weighted by atomic mass is 9.88. The van der Waals surface area contributed by atoms with E-state index in [9.17, 15) is 13.2 Å². The van der Waals surface area contributed by atoms with Gasteiger partial charge in [0, 0.05) is 44.8 Å². The van der Waals surface area contributed by atoms with Gasteiger partial charge in [0.05, 0.1) is 23.8 Å². The average molecular weight is 434 g/mol. The number of carbonyl (C=O) groups is 1. The first kappa shape index (κ1) is 21.3. The van der Waals surface area contributed by atoms with Crippen LogP contribution in [0.3, 0.4) is 0 Å². The Morgan fingerprint density at radius 3 is 2.50 bits per heavy atom. The van der Waals surface area contributed by atoms with Crippen molar-refractivity contribution in [2.75, 3.05) is 37.8 Å². The number of carbonyl (C=O) groups excluding carboxylic acids is 1. The Hall–Kier alpha value is -1.97. The Balaban J connectivity index is 1.43. The highest BCUT2D eigenvalue weighted by Gasteiger charge is 2.25. The normalized spacial score (nSPS) is 19.9. The number of imidazole rings is 1. The lowest BCUT2D eigenvalue weighted by molar-refractivity contribution is -0.120. The molecule has 1 saturated carbocycles. The largest absolute Gasteiger partial charge is 0.330 e. The van der Waals surface area contributed by atoms with E-state index in [1.165, 1.54) is 17.0 Å². The van der Waals surface area contributed by atoms with Gasteiger partial charge in [0.25, 0.3) is 0 Å². The average Bonchev–Trinajstić information content (AvgIpc) is 3.03. The zero-order chi connectivity index (χ0) is 21.3. The van der Waals surface area contributed by atoms with Crippen molar-refractivity contribution in [2.24, 2.45) is 13.0 Å². The van der Waals surface area contributed by atoms with Crippen LogP contribution in [-0.4, -0.2) is 65.5 Å². The SMILES string of the molecule is Cn1c(CN2CCN(S(C)(=O)=O)CC2)nc2cc(NC(=O)C3CCCCC3)ccc21. The number of aromatic nitrogens is 2. The summed E-state index contributed by atoms with van der Waals surface area (Å²) in [5.74, 6) is 1.18. The molecule has 0 bridgehead atoms. The van der Waals surface area contributed by atoms with E-state index in [1.54, 1.807) is 0 Å². The first-order valence-electron chi connectivity index (χ1n) is 10.7. The molecule has 1 aromatic carbocycles. The van der Waals surface area contributed by atoms with Gasteiger partial charge in [0.15, 0.2) is 0 Å². The van der Waals surface area contributed by atoms with Gasteiger partial charge >= 0.3 is 0 Å². The second kappa shape index (κ2) is 8.64. The molecular weight excluding hydrogens is 402 g/mol. The maximum Gasteiger partial charge on any atom is 0.227 e. The van der Waals surface area contributed by atoms with Crippen molar-refractivity contribution in [3.05, 3.63) is 24.0 Å². The topological polar surface area (TPSA) is 87.5 Å². The van der Waals surface area contributed by atoms with E-state index >= 15 is 0 Å². The highest BCUT2D eigenvalue weighted by atomic mass is 32.2. The molecule has 0 unspecified atom stereocenters. The maximum absolute atomic E-state index is 12.5. The van der Waals surface area contributed by atoms with Crippen LogP contribution in [0.4, 0.5) is 5.69 Å². The standard InChI is InChI=1S/C21H31N5O3S/c1-24-19-9-8-17(22-21(27)16-6-4-3-5-7-16)14-18(19)23-20(24)15-25-10-12-26(13-11-25)30(2,28)29/h8-9,14,16H,3-7,10-13,15H2,1-2H3,(H,22,27). The molecule has 1 amide bonds. The summed E-state index contributed by atoms with van der Waals surface area (Å²) in [5, 5.41) is 3.07. The molecule has 1 aliphatic carbocycles. The molecule has 0 spiro atoms. The fraction of sp³-hybridized carbons (Fsp3) is 0.619. The molecule has 8 nitrogen and oxygen atoms in total. The molecule has 4 rings (SSSR count). The Morgan fingerprint density at radius 2 is 1.83 bits per heavy atom. The number of nitrogens with zero attached hydrogens (tertiary/aromatic N) is 4. The van der Waals surface area contributed by atoms with E-state index in [1.807, 2.05) is 25.2 Å². The molecule has 0 atom stereocenters. The number of hydrogen-bond donors (Lipinski definition) is 1. The van der Waals surface area contributed by atoms with Gasteiger partial charge in [-0.15, -0.1) is 0 Å². The number of hydrogen-bond acceptors (Lipinski definition) is 5. The molecule has 1 aromatic heterocycles. The van der Waals surface area contributed by atoms with Crippen LogP contribution < -0.4 is 5.32 Å². The fourth-order valence-corrected chi connectivity index (χ4v) is 5.32. The van der Waals surface area contributed by atoms with Crippen LogP contribution in [0.25, 0.3) is 11.0 Å². The quantitative estimate of drug-likeness (QED) is 0.781. The smallest absolute Gasteiger partial charge is 0.227 e. The van der Waals surface area contributed by atoms with Crippen molar-refractivity contribution >= 4 is 32.7 Å². The van der Waals surface area contributed by atoms with Crippen LogP contribution in [0, 0.1) is 5.92 Å². The summed E-state index contributed by atoms with van der Waals surface area (Å²) >= 11 is 0. The minimum Gasteiger partial charge on any atom is -0.330 e. The van der Waals surface area contributed by atoms with Crippen molar-refractivity contribution in [3.8, 4) is 0 Å². The third-order valence-electron chi connectivity index (χ3n) is 6.38. The summed E-state index contributed by atoms with van der Waals surface area (Å²) in [6, 6.07) is 5.89. The minimum atomic E-state index is -3.12. The Morgan fingerprint density at radius 1 is 1.13 bits per heavy atom. The monoisotopic (exact) mass is 433 g/mol. The molecule has 1 aliphatic heterocycles. The first-order chi connectivity index (χ1) is 14.3. The van der Waals surface area contributed by atoms with E-state index in [2.05, 4.69) is 14.8 Å². The van der Waals surface area contributed by atoms with Crippen LogP contribution in [0.5, 0.6) is 0 Å². The van der Waals surface area contributed by atoms with Crippen LogP contribution in [0.15, 0.2) is 18.2 Å². The number of benzene rings is 1. The van der Waals surface area contributed by atoms with Crippen molar-refractivity contribution in [1.29, 1.82) is 0 Å². The van der Waals surface area contributed by atoms with Gasteiger partial charge in [-0.25, -0.2) is 13.4 Å². The first-order valence-corrected chi connectivity index (χ1v) is 12.6. The number of nitrogens with one attached hydrogen (secondary N) is 1. The van der Waals surface area contributed by atoms with Crippen molar-refractivity contribution < 1.29 is 13.2 Å². The highest BCUT2D eigenvalue weighted by Crippen LogP contribution is 2.26. The molecule has 2 aromatic rings. The van der Waals surface area contributed by atoms with Crippen LogP contribution in [0.1, 0.15) is 37.9 Å². The van der Waals surface area contributed by atoms with Crippen LogP contribution >= 0.6 is 0 Å². The molecule has 1 N–H and O–H groups in total. The number of aryl methyl sites for hydroxylation is 1. The van der Waals surface area contributed by atoms with Gasteiger partial charge < -0.3 is 9.88 Å². The third-order valence-corrected chi connectivity index (χ3v) is 7.69. The Bertz CT molecular complexity index is 1020. The fourth-order valence-electron chi connectivity index (χ4n) is 4.50. The van der Waals surface area contributed by atoms with Gasteiger partial charge in [-0.3, -0.25) is 9.69 Å². The number of amides is 1. The predicted octanol–water partition coefficient (Wildman–Crippen LogP) is 2.17. The number of sulfonamides is 1. The second-order valence-electron chi connectivity index (χ2n) is 8.55. The summed E-state index contributed by atoms with van der Waals surface area (Å²) < 4.78 is 27.0. The molecule has 1 saturated heterocycles. The van der Waals surface area contributed by atoms with E-state index in [0.717, 1.165) is 48.2 Å². The summed E-state index contributed by atoms with van der Waals surface area (Å²) in [6.45, 7) is 3.09. The molecule has 30 heavy (non-hydrogen) atoms. The molecule has 2 aliphatic rings. The van der Waals surface area contributed by atoms with Crippen molar-refractivity contribution in [3.63, 3.8) is 0 Å². The van der Waals surface area contributed by atoms with Crippen LogP contribution in [0.2, 0.25) is 0 Å². The summed E-state index contributed by atoms with van der Waals surface area (Å²) in [6.07, 6.45) is 6.73. The van der Waals surface area contributed by atoms with Gasteiger partial charge in [-0.05, 0) is 31.0 Å².